The van der Waals surface area contributed by atoms with E-state index in [1.54, 1.807) is 12.5 Å². The van der Waals surface area contributed by atoms with Crippen molar-refractivity contribution in [1.82, 2.24) is 19.0 Å². The summed E-state index contributed by atoms with van der Waals surface area (Å²) < 4.78 is 27.0. The molecule has 0 spiro atoms. The van der Waals surface area contributed by atoms with E-state index >= 15 is 0 Å². The van der Waals surface area contributed by atoms with Crippen LogP contribution in [-0.4, -0.2) is 54.5 Å². The number of aromatic amines is 1. The van der Waals surface area contributed by atoms with Crippen molar-refractivity contribution in [3.63, 3.8) is 0 Å². The van der Waals surface area contributed by atoms with Gasteiger partial charge in [0.05, 0.1) is 6.33 Å². The lowest BCUT2D eigenvalue weighted by molar-refractivity contribution is 0.275. The summed E-state index contributed by atoms with van der Waals surface area (Å²) in [6, 6.07) is 0. The molecule has 0 amide bonds. The van der Waals surface area contributed by atoms with Crippen LogP contribution < -0.4 is 4.72 Å². The van der Waals surface area contributed by atoms with Gasteiger partial charge in [-0.3, -0.25) is 0 Å². The zero-order chi connectivity index (χ0) is 12.7. The highest BCUT2D eigenvalue weighted by molar-refractivity contribution is 7.87. The van der Waals surface area contributed by atoms with Crippen molar-refractivity contribution in [2.45, 2.75) is 12.8 Å². The van der Waals surface area contributed by atoms with E-state index in [9.17, 15) is 8.42 Å². The standard InChI is InChI=1S/C9H18N4O3S/c1-13(5-2-6-14)17(15,16)12-4-3-9-7-10-8-11-9/h7-8,12,14H,2-6H2,1H3,(H,10,11). The summed E-state index contributed by atoms with van der Waals surface area (Å²) in [5, 5.41) is 8.63. The lowest BCUT2D eigenvalue weighted by atomic mass is 10.3. The Labute approximate surface area is 101 Å². The van der Waals surface area contributed by atoms with Crippen LogP contribution in [0.15, 0.2) is 12.5 Å². The molecule has 0 aliphatic carbocycles. The summed E-state index contributed by atoms with van der Waals surface area (Å²) in [5.74, 6) is 0. The Morgan fingerprint density at radius 3 is 2.94 bits per heavy atom. The van der Waals surface area contributed by atoms with Crippen LogP contribution in [-0.2, 0) is 16.6 Å². The Morgan fingerprint density at radius 1 is 1.59 bits per heavy atom. The molecule has 17 heavy (non-hydrogen) atoms. The Morgan fingerprint density at radius 2 is 2.35 bits per heavy atom. The molecule has 7 nitrogen and oxygen atoms in total. The maximum Gasteiger partial charge on any atom is 0.279 e. The van der Waals surface area contributed by atoms with E-state index in [-0.39, 0.29) is 6.61 Å². The summed E-state index contributed by atoms with van der Waals surface area (Å²) in [6.07, 6.45) is 4.20. The number of H-pyrrole nitrogens is 1. The van der Waals surface area contributed by atoms with Crippen LogP contribution in [0.25, 0.3) is 0 Å². The van der Waals surface area contributed by atoms with Crippen LogP contribution in [0.3, 0.4) is 0 Å². The lowest BCUT2D eigenvalue weighted by Gasteiger charge is -2.16. The van der Waals surface area contributed by atoms with Crippen molar-refractivity contribution in [3.05, 3.63) is 18.2 Å². The molecule has 0 fully saturated rings. The normalized spacial score (nSPS) is 12.2. The number of rotatable bonds is 8. The summed E-state index contributed by atoms with van der Waals surface area (Å²) in [6.45, 7) is 0.595. The molecule has 0 saturated carbocycles. The topological polar surface area (TPSA) is 98.3 Å². The molecular weight excluding hydrogens is 244 g/mol. The van der Waals surface area contributed by atoms with Gasteiger partial charge in [-0.1, -0.05) is 0 Å². The van der Waals surface area contributed by atoms with Gasteiger partial charge in [0.2, 0.25) is 0 Å². The second-order valence-electron chi connectivity index (χ2n) is 3.62. The zero-order valence-electron chi connectivity index (χ0n) is 9.76. The van der Waals surface area contributed by atoms with Crippen molar-refractivity contribution in [1.29, 1.82) is 0 Å². The van der Waals surface area contributed by atoms with Crippen LogP contribution in [0.2, 0.25) is 0 Å². The van der Waals surface area contributed by atoms with Gasteiger partial charge in [-0.25, -0.2) is 9.71 Å². The zero-order valence-corrected chi connectivity index (χ0v) is 10.6. The van der Waals surface area contributed by atoms with Gasteiger partial charge >= 0.3 is 0 Å². The highest BCUT2D eigenvalue weighted by Crippen LogP contribution is 1.97. The minimum Gasteiger partial charge on any atom is -0.396 e. The van der Waals surface area contributed by atoms with Crippen LogP contribution in [0.1, 0.15) is 12.1 Å². The molecule has 1 aromatic heterocycles. The van der Waals surface area contributed by atoms with Gasteiger partial charge in [0.15, 0.2) is 0 Å². The fraction of sp³-hybridized carbons (Fsp3) is 0.667. The van der Waals surface area contributed by atoms with E-state index in [2.05, 4.69) is 14.7 Å². The summed E-state index contributed by atoms with van der Waals surface area (Å²) >= 11 is 0. The molecule has 0 bridgehead atoms. The third-order valence-corrected chi connectivity index (χ3v) is 3.85. The Hall–Kier alpha value is -0.960. The number of aliphatic hydroxyl groups is 1. The first-order chi connectivity index (χ1) is 8.06. The van der Waals surface area contributed by atoms with Crippen molar-refractivity contribution in [2.75, 3.05) is 26.7 Å². The van der Waals surface area contributed by atoms with E-state index < -0.39 is 10.2 Å². The molecule has 1 heterocycles. The van der Waals surface area contributed by atoms with Crippen LogP contribution in [0.4, 0.5) is 0 Å². The van der Waals surface area contributed by atoms with E-state index in [1.165, 1.54) is 11.4 Å². The number of nitrogens with zero attached hydrogens (tertiary/aromatic N) is 2. The number of aliphatic hydroxyl groups excluding tert-OH is 1. The Kier molecular flexibility index (Phi) is 5.56. The van der Waals surface area contributed by atoms with Crippen molar-refractivity contribution in [3.8, 4) is 0 Å². The van der Waals surface area contributed by atoms with Crippen LogP contribution in [0, 0.1) is 0 Å². The van der Waals surface area contributed by atoms with Gasteiger partial charge in [-0.2, -0.15) is 12.7 Å². The second-order valence-corrected chi connectivity index (χ2v) is 5.49. The van der Waals surface area contributed by atoms with Gasteiger partial charge in [0.25, 0.3) is 10.2 Å². The molecule has 0 aliphatic rings. The first kappa shape index (κ1) is 14.1. The van der Waals surface area contributed by atoms with Crippen molar-refractivity contribution in [2.24, 2.45) is 0 Å². The van der Waals surface area contributed by atoms with Crippen LogP contribution in [0.5, 0.6) is 0 Å². The van der Waals surface area contributed by atoms with Crippen LogP contribution >= 0.6 is 0 Å². The highest BCUT2D eigenvalue weighted by Gasteiger charge is 2.15. The second kappa shape index (κ2) is 6.70. The van der Waals surface area contributed by atoms with Gasteiger partial charge in [-0.05, 0) is 6.42 Å². The number of hydrogen-bond acceptors (Lipinski definition) is 4. The Balaban J connectivity index is 2.33. The third kappa shape index (κ3) is 4.82. The average Bonchev–Trinajstić information content (AvgIpc) is 2.78. The lowest BCUT2D eigenvalue weighted by Crippen LogP contribution is -2.39. The molecule has 0 aromatic carbocycles. The molecular formula is C9H18N4O3S. The first-order valence-corrected chi connectivity index (χ1v) is 6.79. The minimum absolute atomic E-state index is 0.0198. The third-order valence-electron chi connectivity index (χ3n) is 2.28. The SMILES string of the molecule is CN(CCCO)S(=O)(=O)NCCc1cnc[nH]1. The molecule has 0 aliphatic heterocycles. The van der Waals surface area contributed by atoms with Crippen molar-refractivity contribution < 1.29 is 13.5 Å². The molecule has 98 valence electrons. The van der Waals surface area contributed by atoms with E-state index in [1.807, 2.05) is 0 Å². The quantitative estimate of drug-likeness (QED) is 0.565. The maximum absolute atomic E-state index is 11.7. The number of aromatic nitrogens is 2. The highest BCUT2D eigenvalue weighted by atomic mass is 32.2. The Bertz CT molecular complexity index is 404. The molecule has 1 aromatic rings. The molecule has 0 atom stereocenters. The molecule has 8 heteroatoms. The summed E-state index contributed by atoms with van der Waals surface area (Å²) in [7, 11) is -1.97. The smallest absolute Gasteiger partial charge is 0.279 e. The summed E-state index contributed by atoms with van der Waals surface area (Å²) in [4.78, 5) is 6.74. The number of nitrogens with one attached hydrogen (secondary N) is 2. The maximum atomic E-state index is 11.7. The first-order valence-electron chi connectivity index (χ1n) is 5.35. The molecule has 0 radical (unpaired) electrons. The monoisotopic (exact) mass is 262 g/mol. The van der Waals surface area contributed by atoms with Gasteiger partial charge in [0.1, 0.15) is 0 Å². The average molecular weight is 262 g/mol. The number of imidazole rings is 1. The van der Waals surface area contributed by atoms with E-state index in [0.717, 1.165) is 5.69 Å². The predicted octanol–water partition coefficient (Wildman–Crippen LogP) is -0.899. The molecule has 3 N–H and O–H groups in total. The van der Waals surface area contributed by atoms with E-state index in [4.69, 9.17) is 5.11 Å². The van der Waals surface area contributed by atoms with E-state index in [0.29, 0.717) is 25.9 Å². The number of hydrogen-bond donors (Lipinski definition) is 3. The van der Waals surface area contributed by atoms with Crippen molar-refractivity contribution >= 4 is 10.2 Å². The largest absolute Gasteiger partial charge is 0.396 e. The van der Waals surface area contributed by atoms with Gasteiger partial charge in [0, 0.05) is 45.1 Å². The molecule has 0 saturated heterocycles. The minimum atomic E-state index is -3.45. The fourth-order valence-electron chi connectivity index (χ4n) is 1.26. The van der Waals surface area contributed by atoms with Gasteiger partial charge < -0.3 is 10.1 Å². The summed E-state index contributed by atoms with van der Waals surface area (Å²) in [5.41, 5.74) is 0.880. The predicted molar refractivity (Wildman–Crippen MR) is 63.5 cm³/mol. The van der Waals surface area contributed by atoms with Gasteiger partial charge in [-0.15, -0.1) is 0 Å². The molecule has 1 rings (SSSR count). The fourth-order valence-corrected chi connectivity index (χ4v) is 2.21. The molecule has 0 unspecified atom stereocenters.